The van der Waals surface area contributed by atoms with Crippen LogP contribution < -0.4 is 0 Å². The summed E-state index contributed by atoms with van der Waals surface area (Å²) < 4.78 is 10.4. The van der Waals surface area contributed by atoms with E-state index in [-0.39, 0.29) is 11.5 Å². The van der Waals surface area contributed by atoms with Crippen molar-refractivity contribution in [1.82, 2.24) is 10.1 Å². The maximum absolute atomic E-state index is 12.0. The minimum atomic E-state index is -0.285. The van der Waals surface area contributed by atoms with Crippen molar-refractivity contribution < 1.29 is 14.1 Å². The highest BCUT2D eigenvalue weighted by Crippen LogP contribution is 2.18. The number of aryl methyl sites for hydroxylation is 1. The number of amides is 1. The first-order valence-corrected chi connectivity index (χ1v) is 5.34. The van der Waals surface area contributed by atoms with E-state index in [2.05, 4.69) is 5.16 Å². The molecule has 88 valence electrons. The molecule has 0 radical (unpaired) electrons. The molecule has 2 rings (SSSR count). The number of hydrogen-bond donors (Lipinski definition) is 0. The van der Waals surface area contributed by atoms with Crippen LogP contribution in [0.25, 0.3) is 0 Å². The number of carbonyl (C=O) groups excluding carboxylic acids is 1. The summed E-state index contributed by atoms with van der Waals surface area (Å²) in [5.74, 6) is 0.559. The van der Waals surface area contributed by atoms with Gasteiger partial charge in [0.05, 0.1) is 12.2 Å². The topological polar surface area (TPSA) is 55.6 Å². The molecular weight excluding hydrogens is 208 g/mol. The molecule has 16 heavy (non-hydrogen) atoms. The van der Waals surface area contributed by atoms with E-state index < -0.39 is 0 Å². The molecule has 1 aromatic rings. The lowest BCUT2D eigenvalue weighted by Gasteiger charge is -2.37. The molecule has 0 aliphatic carbocycles. The van der Waals surface area contributed by atoms with Gasteiger partial charge in [-0.2, -0.15) is 0 Å². The Morgan fingerprint density at radius 1 is 1.56 bits per heavy atom. The normalized spacial score (nSPS) is 19.8. The summed E-state index contributed by atoms with van der Waals surface area (Å²) in [5, 5.41) is 3.73. The van der Waals surface area contributed by atoms with Crippen molar-refractivity contribution in [3.05, 3.63) is 17.5 Å². The minimum absolute atomic E-state index is 0.0896. The molecule has 1 amide bonds. The minimum Gasteiger partial charge on any atom is -0.372 e. The first-order chi connectivity index (χ1) is 7.48. The zero-order chi connectivity index (χ0) is 11.8. The molecule has 1 aromatic heterocycles. The second-order valence-corrected chi connectivity index (χ2v) is 4.66. The molecule has 5 nitrogen and oxygen atoms in total. The number of ether oxygens (including phenoxy) is 1. The average molecular weight is 224 g/mol. The standard InChI is InChI=1S/C11H16N2O3/c1-8-6-9(12-16-8)10(14)13-4-5-15-11(2,3)7-13/h6H,4-5,7H2,1-3H3. The van der Waals surface area contributed by atoms with Gasteiger partial charge in [0.2, 0.25) is 0 Å². The van der Waals surface area contributed by atoms with Gasteiger partial charge < -0.3 is 14.2 Å². The third-order valence-electron chi connectivity index (χ3n) is 2.56. The van der Waals surface area contributed by atoms with Gasteiger partial charge in [-0.05, 0) is 20.8 Å². The van der Waals surface area contributed by atoms with Crippen LogP contribution in [-0.4, -0.2) is 41.3 Å². The van der Waals surface area contributed by atoms with E-state index in [9.17, 15) is 4.79 Å². The molecule has 0 unspecified atom stereocenters. The quantitative estimate of drug-likeness (QED) is 0.720. The number of nitrogens with zero attached hydrogens (tertiary/aromatic N) is 2. The van der Waals surface area contributed by atoms with Crippen molar-refractivity contribution in [2.24, 2.45) is 0 Å². The molecule has 0 N–H and O–H groups in total. The Kier molecular flexibility index (Phi) is 2.71. The Labute approximate surface area is 94.3 Å². The fourth-order valence-corrected chi connectivity index (χ4v) is 1.82. The maximum Gasteiger partial charge on any atom is 0.276 e. The summed E-state index contributed by atoms with van der Waals surface area (Å²) in [7, 11) is 0. The Hall–Kier alpha value is -1.36. The zero-order valence-electron chi connectivity index (χ0n) is 9.82. The van der Waals surface area contributed by atoms with Gasteiger partial charge in [-0.1, -0.05) is 5.16 Å². The van der Waals surface area contributed by atoms with Crippen molar-refractivity contribution in [3.63, 3.8) is 0 Å². The number of hydrogen-bond acceptors (Lipinski definition) is 4. The van der Waals surface area contributed by atoms with Gasteiger partial charge in [0.1, 0.15) is 5.76 Å². The van der Waals surface area contributed by atoms with E-state index in [4.69, 9.17) is 9.26 Å². The smallest absolute Gasteiger partial charge is 0.276 e. The van der Waals surface area contributed by atoms with Crippen molar-refractivity contribution >= 4 is 5.91 Å². The molecule has 0 aromatic carbocycles. The summed E-state index contributed by atoms with van der Waals surface area (Å²) in [4.78, 5) is 13.8. The summed E-state index contributed by atoms with van der Waals surface area (Å²) in [6.45, 7) is 7.47. The van der Waals surface area contributed by atoms with Crippen LogP contribution in [0.2, 0.25) is 0 Å². The first kappa shape index (κ1) is 11.1. The van der Waals surface area contributed by atoms with E-state index in [1.165, 1.54) is 0 Å². The summed E-state index contributed by atoms with van der Waals surface area (Å²) in [6, 6.07) is 1.66. The molecule has 1 saturated heterocycles. The maximum atomic E-state index is 12.0. The zero-order valence-corrected chi connectivity index (χ0v) is 9.82. The van der Waals surface area contributed by atoms with Crippen molar-refractivity contribution in [2.75, 3.05) is 19.7 Å². The van der Waals surface area contributed by atoms with Crippen molar-refractivity contribution in [2.45, 2.75) is 26.4 Å². The number of carbonyl (C=O) groups is 1. The van der Waals surface area contributed by atoms with Gasteiger partial charge in [-0.3, -0.25) is 4.79 Å². The molecule has 0 spiro atoms. The van der Waals surface area contributed by atoms with Crippen molar-refractivity contribution in [1.29, 1.82) is 0 Å². The monoisotopic (exact) mass is 224 g/mol. The Balaban J connectivity index is 2.10. The summed E-state index contributed by atoms with van der Waals surface area (Å²) >= 11 is 0. The Morgan fingerprint density at radius 3 is 2.88 bits per heavy atom. The third-order valence-corrected chi connectivity index (χ3v) is 2.56. The van der Waals surface area contributed by atoms with Crippen LogP contribution in [-0.2, 0) is 4.74 Å². The SMILES string of the molecule is Cc1cc(C(=O)N2CCOC(C)(C)C2)no1. The lowest BCUT2D eigenvalue weighted by Crippen LogP contribution is -2.50. The van der Waals surface area contributed by atoms with Gasteiger partial charge in [0.25, 0.3) is 5.91 Å². The van der Waals surface area contributed by atoms with Gasteiger partial charge in [-0.25, -0.2) is 0 Å². The fraction of sp³-hybridized carbons (Fsp3) is 0.636. The van der Waals surface area contributed by atoms with Crippen LogP contribution in [0.15, 0.2) is 10.6 Å². The van der Waals surface area contributed by atoms with Crippen molar-refractivity contribution in [3.8, 4) is 0 Å². The van der Waals surface area contributed by atoms with E-state index in [1.54, 1.807) is 17.9 Å². The summed E-state index contributed by atoms with van der Waals surface area (Å²) in [5.41, 5.74) is 0.0855. The Morgan fingerprint density at radius 2 is 2.31 bits per heavy atom. The molecule has 1 aliphatic heterocycles. The lowest BCUT2D eigenvalue weighted by molar-refractivity contribution is -0.0765. The highest BCUT2D eigenvalue weighted by molar-refractivity contribution is 5.92. The van der Waals surface area contributed by atoms with Crippen LogP contribution in [0.4, 0.5) is 0 Å². The molecule has 0 bridgehead atoms. The van der Waals surface area contributed by atoms with Crippen LogP contribution in [0.1, 0.15) is 30.1 Å². The molecule has 5 heteroatoms. The van der Waals surface area contributed by atoms with Crippen LogP contribution in [0.3, 0.4) is 0 Å². The second-order valence-electron chi connectivity index (χ2n) is 4.66. The molecule has 1 aliphatic rings. The van der Waals surface area contributed by atoms with E-state index in [0.29, 0.717) is 31.2 Å². The van der Waals surface area contributed by atoms with Gasteiger partial charge in [0, 0.05) is 19.2 Å². The van der Waals surface area contributed by atoms with E-state index >= 15 is 0 Å². The van der Waals surface area contributed by atoms with Gasteiger partial charge in [-0.15, -0.1) is 0 Å². The van der Waals surface area contributed by atoms with Crippen LogP contribution in [0.5, 0.6) is 0 Å². The molecule has 2 heterocycles. The fourth-order valence-electron chi connectivity index (χ4n) is 1.82. The third kappa shape index (κ3) is 2.24. The number of morpholine rings is 1. The Bertz CT molecular complexity index is 398. The predicted octanol–water partition coefficient (Wildman–Crippen LogP) is 1.23. The predicted molar refractivity (Wildman–Crippen MR) is 57.2 cm³/mol. The van der Waals surface area contributed by atoms with E-state index in [0.717, 1.165) is 0 Å². The average Bonchev–Trinajstić information content (AvgIpc) is 2.62. The largest absolute Gasteiger partial charge is 0.372 e. The molecule has 0 saturated carbocycles. The van der Waals surface area contributed by atoms with E-state index in [1.807, 2.05) is 13.8 Å². The van der Waals surface area contributed by atoms with Gasteiger partial charge >= 0.3 is 0 Å². The molecule has 1 fully saturated rings. The molecular formula is C11H16N2O3. The second kappa shape index (κ2) is 3.90. The summed E-state index contributed by atoms with van der Waals surface area (Å²) in [6.07, 6.45) is 0. The first-order valence-electron chi connectivity index (χ1n) is 5.34. The highest BCUT2D eigenvalue weighted by Gasteiger charge is 2.31. The number of rotatable bonds is 1. The highest BCUT2D eigenvalue weighted by atomic mass is 16.5. The lowest BCUT2D eigenvalue weighted by atomic mass is 10.1. The van der Waals surface area contributed by atoms with Crippen LogP contribution >= 0.6 is 0 Å². The number of aromatic nitrogens is 1. The van der Waals surface area contributed by atoms with Crippen LogP contribution in [0, 0.1) is 6.92 Å². The molecule has 0 atom stereocenters. The van der Waals surface area contributed by atoms with Gasteiger partial charge in [0.15, 0.2) is 5.69 Å².